The topological polar surface area (TPSA) is 98.8 Å². The number of anilines is 2. The van der Waals surface area contributed by atoms with E-state index in [0.717, 1.165) is 50.1 Å². The van der Waals surface area contributed by atoms with Crippen molar-refractivity contribution in [2.75, 3.05) is 23.7 Å². The second-order valence-electron chi connectivity index (χ2n) is 5.59. The molecule has 0 amide bonds. The van der Waals surface area contributed by atoms with Gasteiger partial charge in [-0.3, -0.25) is 0 Å². The highest BCUT2D eigenvalue weighted by Gasteiger charge is 2.20. The number of fused-ring (bicyclic) bond motifs is 1. The van der Waals surface area contributed by atoms with Gasteiger partial charge in [0.1, 0.15) is 5.52 Å². The number of imidazole rings is 1. The predicted octanol–water partition coefficient (Wildman–Crippen LogP) is 1.75. The van der Waals surface area contributed by atoms with Crippen molar-refractivity contribution in [2.45, 2.75) is 38.7 Å². The Labute approximate surface area is 123 Å². The number of nitrogens with one attached hydrogen (secondary N) is 3. The molecule has 1 fully saturated rings. The Bertz CT molecular complexity index is 598. The van der Waals surface area contributed by atoms with Gasteiger partial charge in [0.05, 0.1) is 12.4 Å². The van der Waals surface area contributed by atoms with Crippen LogP contribution in [0.4, 0.5) is 11.8 Å². The maximum atomic E-state index is 9.75. The molecule has 2 aromatic rings. The lowest BCUT2D eigenvalue weighted by Crippen LogP contribution is -2.25. The first-order valence-corrected chi connectivity index (χ1v) is 7.63. The van der Waals surface area contributed by atoms with E-state index >= 15 is 0 Å². The van der Waals surface area contributed by atoms with Crippen LogP contribution in [0.3, 0.4) is 0 Å². The largest absolute Gasteiger partial charge is 0.393 e. The molecule has 0 aromatic carbocycles. The zero-order chi connectivity index (χ0) is 14.7. The van der Waals surface area contributed by atoms with Gasteiger partial charge in [0.15, 0.2) is 11.5 Å². The second-order valence-corrected chi connectivity index (χ2v) is 5.59. The summed E-state index contributed by atoms with van der Waals surface area (Å²) in [6.45, 7) is 3.59. The van der Waals surface area contributed by atoms with Crippen LogP contribution in [0, 0.1) is 5.92 Å². The van der Waals surface area contributed by atoms with E-state index in [1.807, 2.05) is 6.92 Å². The van der Waals surface area contributed by atoms with Crippen molar-refractivity contribution in [2.24, 2.45) is 5.92 Å². The molecule has 0 radical (unpaired) electrons. The summed E-state index contributed by atoms with van der Waals surface area (Å²) in [5, 5.41) is 16.3. The van der Waals surface area contributed by atoms with Crippen LogP contribution < -0.4 is 10.6 Å². The van der Waals surface area contributed by atoms with Gasteiger partial charge in [0, 0.05) is 13.1 Å². The minimum atomic E-state index is -0.152. The lowest BCUT2D eigenvalue weighted by molar-refractivity contribution is 0.104. The van der Waals surface area contributed by atoms with Crippen molar-refractivity contribution in [3.63, 3.8) is 0 Å². The number of H-pyrrole nitrogens is 1. The van der Waals surface area contributed by atoms with E-state index in [0.29, 0.717) is 17.5 Å². The Morgan fingerprint density at radius 2 is 2.24 bits per heavy atom. The fraction of sp³-hybridized carbons (Fsp3) is 0.643. The highest BCUT2D eigenvalue weighted by atomic mass is 16.3. The first kappa shape index (κ1) is 14.1. The predicted molar refractivity (Wildman–Crippen MR) is 82.3 cm³/mol. The van der Waals surface area contributed by atoms with Crippen LogP contribution in [-0.2, 0) is 0 Å². The Kier molecular flexibility index (Phi) is 4.19. The Morgan fingerprint density at radius 1 is 1.33 bits per heavy atom. The van der Waals surface area contributed by atoms with Crippen LogP contribution >= 0.6 is 0 Å². The van der Waals surface area contributed by atoms with Gasteiger partial charge < -0.3 is 20.7 Å². The van der Waals surface area contributed by atoms with Crippen LogP contribution in [0.15, 0.2) is 6.33 Å². The molecule has 4 N–H and O–H groups in total. The summed E-state index contributed by atoms with van der Waals surface area (Å²) in [5.41, 5.74) is 1.49. The van der Waals surface area contributed by atoms with Gasteiger partial charge in [-0.2, -0.15) is 9.97 Å². The lowest BCUT2D eigenvalue weighted by atomic mass is 9.87. The third-order valence-electron chi connectivity index (χ3n) is 3.93. The molecular weight excluding hydrogens is 268 g/mol. The average molecular weight is 290 g/mol. The van der Waals surface area contributed by atoms with E-state index < -0.39 is 0 Å². The monoisotopic (exact) mass is 290 g/mol. The third kappa shape index (κ3) is 3.24. The fourth-order valence-corrected chi connectivity index (χ4v) is 2.89. The number of rotatable bonds is 5. The highest BCUT2D eigenvalue weighted by molar-refractivity contribution is 5.83. The molecular formula is C14H22N6O. The van der Waals surface area contributed by atoms with E-state index in [-0.39, 0.29) is 6.10 Å². The molecule has 0 spiro atoms. The Morgan fingerprint density at radius 3 is 3.05 bits per heavy atom. The highest BCUT2D eigenvalue weighted by Crippen LogP contribution is 2.25. The molecule has 7 heteroatoms. The number of hydrogen-bond acceptors (Lipinski definition) is 6. The van der Waals surface area contributed by atoms with Gasteiger partial charge in [-0.25, -0.2) is 4.98 Å². The standard InChI is InChI=1S/C14H22N6O/c1-2-15-14-19-12(11-13(20-14)18-8-17-11)16-7-9-4-3-5-10(21)6-9/h8-10,21H,2-7H2,1H3,(H3,15,16,17,18,19,20). The van der Waals surface area contributed by atoms with E-state index in [4.69, 9.17) is 0 Å². The van der Waals surface area contributed by atoms with Crippen molar-refractivity contribution in [1.82, 2.24) is 19.9 Å². The molecule has 0 saturated heterocycles. The molecule has 2 unspecified atom stereocenters. The van der Waals surface area contributed by atoms with Crippen molar-refractivity contribution in [3.8, 4) is 0 Å². The number of hydrogen-bond donors (Lipinski definition) is 4. The SMILES string of the molecule is CCNc1nc(NCC2CCCC(O)C2)c2[nH]cnc2n1. The Hall–Kier alpha value is -1.89. The van der Waals surface area contributed by atoms with Crippen molar-refractivity contribution in [3.05, 3.63) is 6.33 Å². The molecule has 7 nitrogen and oxygen atoms in total. The Balaban J connectivity index is 1.74. The van der Waals surface area contributed by atoms with Crippen LogP contribution in [-0.4, -0.2) is 44.2 Å². The smallest absolute Gasteiger partial charge is 0.226 e. The van der Waals surface area contributed by atoms with Gasteiger partial charge in [0.25, 0.3) is 0 Å². The van der Waals surface area contributed by atoms with Crippen molar-refractivity contribution < 1.29 is 5.11 Å². The zero-order valence-corrected chi connectivity index (χ0v) is 12.3. The molecule has 0 aliphatic heterocycles. The summed E-state index contributed by atoms with van der Waals surface area (Å²) in [4.78, 5) is 16.1. The molecule has 1 aliphatic rings. The quantitative estimate of drug-likeness (QED) is 0.669. The molecule has 1 aliphatic carbocycles. The maximum Gasteiger partial charge on any atom is 0.226 e. The summed E-state index contributed by atoms with van der Waals surface area (Å²) < 4.78 is 0. The first-order valence-electron chi connectivity index (χ1n) is 7.63. The average Bonchev–Trinajstić information content (AvgIpc) is 2.93. The normalized spacial score (nSPS) is 22.4. The van der Waals surface area contributed by atoms with Gasteiger partial charge in [-0.15, -0.1) is 0 Å². The minimum Gasteiger partial charge on any atom is -0.393 e. The lowest BCUT2D eigenvalue weighted by Gasteiger charge is -2.26. The number of aliphatic hydroxyl groups is 1. The van der Waals surface area contributed by atoms with Crippen molar-refractivity contribution in [1.29, 1.82) is 0 Å². The van der Waals surface area contributed by atoms with E-state index in [9.17, 15) is 5.11 Å². The van der Waals surface area contributed by atoms with E-state index in [1.54, 1.807) is 6.33 Å². The van der Waals surface area contributed by atoms with Gasteiger partial charge in [-0.1, -0.05) is 6.42 Å². The number of aromatic amines is 1. The molecule has 2 atom stereocenters. The summed E-state index contributed by atoms with van der Waals surface area (Å²) in [6.07, 6.45) is 5.52. The molecule has 1 saturated carbocycles. The van der Waals surface area contributed by atoms with Crippen molar-refractivity contribution >= 4 is 22.9 Å². The zero-order valence-electron chi connectivity index (χ0n) is 12.3. The summed E-state index contributed by atoms with van der Waals surface area (Å²) in [7, 11) is 0. The van der Waals surface area contributed by atoms with Gasteiger partial charge in [0.2, 0.25) is 5.95 Å². The molecule has 0 bridgehead atoms. The number of aliphatic hydroxyl groups excluding tert-OH is 1. The van der Waals surface area contributed by atoms with E-state index in [1.165, 1.54) is 0 Å². The van der Waals surface area contributed by atoms with Crippen LogP contribution in [0.1, 0.15) is 32.6 Å². The number of nitrogens with zero attached hydrogens (tertiary/aromatic N) is 3. The minimum absolute atomic E-state index is 0.152. The fourth-order valence-electron chi connectivity index (χ4n) is 2.89. The van der Waals surface area contributed by atoms with Crippen LogP contribution in [0.5, 0.6) is 0 Å². The van der Waals surface area contributed by atoms with Gasteiger partial charge >= 0.3 is 0 Å². The summed E-state index contributed by atoms with van der Waals surface area (Å²) in [5.74, 6) is 1.85. The van der Waals surface area contributed by atoms with E-state index in [2.05, 4.69) is 30.6 Å². The first-order chi connectivity index (χ1) is 10.3. The molecule has 2 heterocycles. The van der Waals surface area contributed by atoms with Crippen LogP contribution in [0.25, 0.3) is 11.2 Å². The van der Waals surface area contributed by atoms with Gasteiger partial charge in [-0.05, 0) is 32.1 Å². The second kappa shape index (κ2) is 6.26. The molecule has 3 rings (SSSR count). The molecule has 114 valence electrons. The summed E-state index contributed by atoms with van der Waals surface area (Å²) in [6, 6.07) is 0. The third-order valence-corrected chi connectivity index (χ3v) is 3.93. The molecule has 21 heavy (non-hydrogen) atoms. The maximum absolute atomic E-state index is 9.75. The summed E-state index contributed by atoms with van der Waals surface area (Å²) >= 11 is 0. The molecule has 2 aromatic heterocycles. The van der Waals surface area contributed by atoms with Crippen LogP contribution in [0.2, 0.25) is 0 Å². The number of aromatic nitrogens is 4.